The van der Waals surface area contributed by atoms with E-state index in [2.05, 4.69) is 5.32 Å². The van der Waals surface area contributed by atoms with Crippen LogP contribution in [0.2, 0.25) is 5.02 Å². The molecule has 1 N–H and O–H groups in total. The number of hydrogen-bond donors (Lipinski definition) is 1. The lowest BCUT2D eigenvalue weighted by Gasteiger charge is -2.24. The van der Waals surface area contributed by atoms with E-state index < -0.39 is 10.0 Å². The van der Waals surface area contributed by atoms with Crippen molar-refractivity contribution < 1.29 is 13.2 Å². The molecule has 1 amide bonds. The maximum Gasteiger partial charge on any atom is 0.264 e. The highest BCUT2D eigenvalue weighted by molar-refractivity contribution is 7.99. The zero-order valence-electron chi connectivity index (χ0n) is 18.6. The van der Waals surface area contributed by atoms with E-state index in [1.807, 2.05) is 50.2 Å². The third kappa shape index (κ3) is 7.00. The number of amides is 1. The number of aryl methyl sites for hydroxylation is 2. The number of nitrogens with one attached hydrogen (secondary N) is 1. The first-order valence-electron chi connectivity index (χ1n) is 10.6. The Labute approximate surface area is 205 Å². The average Bonchev–Trinajstić information content (AvgIpc) is 2.82. The summed E-state index contributed by atoms with van der Waals surface area (Å²) in [5, 5.41) is 3.50. The molecule has 0 aliphatic rings. The third-order valence-corrected chi connectivity index (χ3v) is 8.09. The van der Waals surface area contributed by atoms with Gasteiger partial charge < -0.3 is 5.32 Å². The largest absolute Gasteiger partial charge is 0.354 e. The number of carbonyl (C=O) groups is 1. The molecule has 3 aromatic rings. The van der Waals surface area contributed by atoms with Gasteiger partial charge in [0.1, 0.15) is 6.54 Å². The van der Waals surface area contributed by atoms with Crippen LogP contribution in [0.15, 0.2) is 82.6 Å². The number of hydrogen-bond acceptors (Lipinski definition) is 4. The Morgan fingerprint density at radius 3 is 2.21 bits per heavy atom. The molecule has 0 radical (unpaired) electrons. The Balaban J connectivity index is 1.71. The minimum atomic E-state index is -3.91. The molecule has 0 atom stereocenters. The normalized spacial score (nSPS) is 11.2. The average molecular weight is 503 g/mol. The van der Waals surface area contributed by atoms with E-state index in [0.29, 0.717) is 23.0 Å². The number of thioether (sulfide) groups is 1. The summed E-state index contributed by atoms with van der Waals surface area (Å²) in [6.07, 6.45) is 0.844. The summed E-state index contributed by atoms with van der Waals surface area (Å²) in [7, 11) is -3.91. The second kappa shape index (κ2) is 11.6. The van der Waals surface area contributed by atoms with Gasteiger partial charge in [0.15, 0.2) is 0 Å². The van der Waals surface area contributed by atoms with Crippen LogP contribution in [0.1, 0.15) is 18.1 Å². The van der Waals surface area contributed by atoms with Gasteiger partial charge >= 0.3 is 0 Å². The number of nitrogens with zero attached hydrogens (tertiary/aromatic N) is 1. The highest BCUT2D eigenvalue weighted by Gasteiger charge is 2.27. The summed E-state index contributed by atoms with van der Waals surface area (Å²) in [4.78, 5) is 13.9. The van der Waals surface area contributed by atoms with Crippen molar-refractivity contribution in [2.45, 2.75) is 30.1 Å². The van der Waals surface area contributed by atoms with Crippen molar-refractivity contribution in [1.29, 1.82) is 0 Å². The lowest BCUT2D eigenvalue weighted by atomic mass is 10.1. The van der Waals surface area contributed by atoms with Crippen molar-refractivity contribution in [3.05, 3.63) is 88.9 Å². The van der Waals surface area contributed by atoms with Gasteiger partial charge in [0.2, 0.25) is 5.91 Å². The molecular formula is C25H27ClN2O3S2. The predicted molar refractivity (Wildman–Crippen MR) is 137 cm³/mol. The summed E-state index contributed by atoms with van der Waals surface area (Å²) >= 11 is 7.49. The smallest absolute Gasteiger partial charge is 0.264 e. The van der Waals surface area contributed by atoms with Crippen LogP contribution >= 0.6 is 23.4 Å². The van der Waals surface area contributed by atoms with Crippen LogP contribution in [0.4, 0.5) is 5.69 Å². The molecular weight excluding hydrogens is 476 g/mol. The van der Waals surface area contributed by atoms with Gasteiger partial charge in [0, 0.05) is 22.2 Å². The molecule has 0 unspecified atom stereocenters. The van der Waals surface area contributed by atoms with E-state index >= 15 is 0 Å². The van der Waals surface area contributed by atoms with Crippen molar-refractivity contribution in [2.24, 2.45) is 0 Å². The lowest BCUT2D eigenvalue weighted by molar-refractivity contribution is -0.119. The van der Waals surface area contributed by atoms with Crippen molar-refractivity contribution in [1.82, 2.24) is 5.32 Å². The Morgan fingerprint density at radius 1 is 0.970 bits per heavy atom. The zero-order chi connectivity index (χ0) is 23.8. The molecule has 0 aromatic heterocycles. The molecule has 3 aromatic carbocycles. The van der Waals surface area contributed by atoms with Crippen LogP contribution in [0.3, 0.4) is 0 Å². The Bertz CT molecular complexity index is 1160. The van der Waals surface area contributed by atoms with Crippen molar-refractivity contribution in [3.8, 4) is 0 Å². The van der Waals surface area contributed by atoms with E-state index in [4.69, 9.17) is 11.6 Å². The second-order valence-corrected chi connectivity index (χ2v) is 11.0. The van der Waals surface area contributed by atoms with E-state index in [1.54, 1.807) is 48.2 Å². The van der Waals surface area contributed by atoms with Crippen molar-refractivity contribution in [2.75, 3.05) is 23.1 Å². The number of carbonyl (C=O) groups excluding carboxylic acids is 1. The summed E-state index contributed by atoms with van der Waals surface area (Å²) < 4.78 is 28.0. The first kappa shape index (κ1) is 25.1. The van der Waals surface area contributed by atoms with Crippen LogP contribution < -0.4 is 9.62 Å². The van der Waals surface area contributed by atoms with Gasteiger partial charge in [-0.15, -0.1) is 11.8 Å². The fourth-order valence-corrected chi connectivity index (χ4v) is 5.44. The summed E-state index contributed by atoms with van der Waals surface area (Å²) in [5.74, 6) is 0.297. The maximum absolute atomic E-state index is 13.4. The summed E-state index contributed by atoms with van der Waals surface area (Å²) in [6.45, 7) is 4.05. The highest BCUT2D eigenvalue weighted by atomic mass is 35.5. The van der Waals surface area contributed by atoms with Crippen LogP contribution in [0.5, 0.6) is 0 Å². The number of sulfonamides is 1. The molecule has 33 heavy (non-hydrogen) atoms. The van der Waals surface area contributed by atoms with E-state index in [0.717, 1.165) is 22.4 Å². The van der Waals surface area contributed by atoms with Crippen LogP contribution in [-0.2, 0) is 21.2 Å². The van der Waals surface area contributed by atoms with Crippen LogP contribution in [-0.4, -0.2) is 33.2 Å². The van der Waals surface area contributed by atoms with Crippen LogP contribution in [0, 0.1) is 6.92 Å². The van der Waals surface area contributed by atoms with E-state index in [-0.39, 0.29) is 17.3 Å². The monoisotopic (exact) mass is 502 g/mol. The van der Waals surface area contributed by atoms with Gasteiger partial charge in [-0.25, -0.2) is 8.42 Å². The fourth-order valence-electron chi connectivity index (χ4n) is 3.13. The number of benzene rings is 3. The topological polar surface area (TPSA) is 66.5 Å². The van der Waals surface area contributed by atoms with Gasteiger partial charge in [-0.1, -0.05) is 48.4 Å². The van der Waals surface area contributed by atoms with Gasteiger partial charge in [-0.3, -0.25) is 9.10 Å². The van der Waals surface area contributed by atoms with Gasteiger partial charge in [0.05, 0.1) is 10.6 Å². The standard InChI is InChI=1S/C25H27ClN2O3S2/c1-3-20-6-10-22(11-7-20)28(33(30,31)24-14-4-19(2)5-15-24)18-25(29)27-16-17-32-23-12-8-21(26)9-13-23/h4-15H,3,16-18H2,1-2H3,(H,27,29). The summed E-state index contributed by atoms with van der Waals surface area (Å²) in [6, 6.07) is 21.4. The zero-order valence-corrected chi connectivity index (χ0v) is 21.0. The second-order valence-electron chi connectivity index (χ2n) is 7.50. The van der Waals surface area contributed by atoms with Crippen LogP contribution in [0.25, 0.3) is 0 Å². The molecule has 0 aliphatic heterocycles. The number of halogens is 1. The molecule has 0 heterocycles. The SMILES string of the molecule is CCc1ccc(N(CC(=O)NCCSc2ccc(Cl)cc2)S(=O)(=O)c2ccc(C)cc2)cc1. The maximum atomic E-state index is 13.4. The lowest BCUT2D eigenvalue weighted by Crippen LogP contribution is -2.41. The third-order valence-electron chi connectivity index (χ3n) is 5.04. The Morgan fingerprint density at radius 2 is 1.61 bits per heavy atom. The molecule has 5 nitrogen and oxygen atoms in total. The quantitative estimate of drug-likeness (QED) is 0.301. The Hall–Kier alpha value is -2.48. The molecule has 0 spiro atoms. The fraction of sp³-hybridized carbons (Fsp3) is 0.240. The van der Waals surface area contributed by atoms with Gasteiger partial charge in [-0.2, -0.15) is 0 Å². The molecule has 0 bridgehead atoms. The first-order valence-corrected chi connectivity index (χ1v) is 13.4. The highest BCUT2D eigenvalue weighted by Crippen LogP contribution is 2.25. The summed E-state index contributed by atoms with van der Waals surface area (Å²) in [5.41, 5.74) is 2.51. The molecule has 0 aliphatic carbocycles. The van der Waals surface area contributed by atoms with E-state index in [1.165, 1.54) is 4.31 Å². The minimum Gasteiger partial charge on any atom is -0.354 e. The molecule has 0 saturated heterocycles. The molecule has 0 saturated carbocycles. The Kier molecular flexibility index (Phi) is 8.83. The number of anilines is 1. The minimum absolute atomic E-state index is 0.152. The van der Waals surface area contributed by atoms with Crippen molar-refractivity contribution in [3.63, 3.8) is 0 Å². The molecule has 174 valence electrons. The molecule has 0 fully saturated rings. The van der Waals surface area contributed by atoms with E-state index in [9.17, 15) is 13.2 Å². The van der Waals surface area contributed by atoms with Crippen molar-refractivity contribution >= 4 is 45.0 Å². The first-order chi connectivity index (χ1) is 15.8. The number of rotatable bonds is 10. The molecule has 3 rings (SSSR count). The van der Waals surface area contributed by atoms with Gasteiger partial charge in [0.25, 0.3) is 10.0 Å². The van der Waals surface area contributed by atoms with Gasteiger partial charge in [-0.05, 0) is 67.4 Å². The predicted octanol–water partition coefficient (Wildman–Crippen LogP) is 5.31. The molecule has 8 heteroatoms.